The van der Waals surface area contributed by atoms with Crippen LogP contribution in [0, 0.1) is 11.3 Å². The largest absolute Gasteiger partial charge is 0.399 e. The fraction of sp³-hybridized carbons (Fsp3) is 0.450. The minimum atomic E-state index is 0.503. The van der Waals surface area contributed by atoms with Gasteiger partial charge < -0.3 is 21.3 Å². The number of hydrogen-bond donors (Lipinski definition) is 3. The first-order valence-electron chi connectivity index (χ1n) is 9.56. The van der Waals surface area contributed by atoms with Crippen LogP contribution in [0.15, 0.2) is 18.2 Å². The van der Waals surface area contributed by atoms with Gasteiger partial charge in [-0.15, -0.1) is 0 Å². The van der Waals surface area contributed by atoms with Crippen LogP contribution in [0.25, 0.3) is 0 Å². The van der Waals surface area contributed by atoms with E-state index < -0.39 is 0 Å². The summed E-state index contributed by atoms with van der Waals surface area (Å²) in [5.74, 6) is 1.64. The molecule has 1 saturated heterocycles. The smallest absolute Gasteiger partial charge is 0.229 e. The molecule has 0 radical (unpaired) electrons. The molecule has 140 valence electrons. The molecule has 1 aromatic carbocycles. The van der Waals surface area contributed by atoms with Crippen LogP contribution in [0.4, 0.5) is 23.1 Å². The van der Waals surface area contributed by atoms with Gasteiger partial charge in [-0.3, -0.25) is 0 Å². The van der Waals surface area contributed by atoms with Gasteiger partial charge in [0.05, 0.1) is 17.3 Å². The van der Waals surface area contributed by atoms with E-state index in [4.69, 9.17) is 21.0 Å². The Bertz CT molecular complexity index is 887. The molecular weight excluding hydrogens is 338 g/mol. The van der Waals surface area contributed by atoms with Crippen molar-refractivity contribution in [1.29, 1.82) is 5.26 Å². The molecule has 1 aliphatic heterocycles. The number of anilines is 4. The van der Waals surface area contributed by atoms with Crippen molar-refractivity contribution in [2.45, 2.75) is 38.1 Å². The van der Waals surface area contributed by atoms with Gasteiger partial charge in [0.2, 0.25) is 5.95 Å². The minimum absolute atomic E-state index is 0.503. The summed E-state index contributed by atoms with van der Waals surface area (Å²) in [4.78, 5) is 12.0. The van der Waals surface area contributed by atoms with Crippen molar-refractivity contribution in [1.82, 2.24) is 15.3 Å². The lowest BCUT2D eigenvalue weighted by Crippen LogP contribution is -2.31. The Morgan fingerprint density at radius 3 is 2.85 bits per heavy atom. The lowest BCUT2D eigenvalue weighted by Gasteiger charge is -2.25. The van der Waals surface area contributed by atoms with Crippen LogP contribution >= 0.6 is 0 Å². The van der Waals surface area contributed by atoms with Gasteiger partial charge in [-0.1, -0.05) is 0 Å². The molecule has 4 N–H and O–H groups in total. The second-order valence-corrected chi connectivity index (χ2v) is 7.30. The highest BCUT2D eigenvalue weighted by atomic mass is 15.3. The van der Waals surface area contributed by atoms with Crippen molar-refractivity contribution >= 4 is 23.1 Å². The van der Waals surface area contributed by atoms with Crippen molar-refractivity contribution < 1.29 is 0 Å². The third kappa shape index (κ3) is 3.67. The monoisotopic (exact) mass is 363 g/mol. The Morgan fingerprint density at radius 1 is 1.22 bits per heavy atom. The fourth-order valence-electron chi connectivity index (χ4n) is 4.00. The number of aromatic nitrogens is 2. The second kappa shape index (κ2) is 7.41. The number of benzene rings is 1. The van der Waals surface area contributed by atoms with E-state index in [9.17, 15) is 0 Å². The number of aryl methyl sites for hydroxylation is 1. The lowest BCUT2D eigenvalue weighted by atomic mass is 9.96. The Kier molecular flexibility index (Phi) is 4.82. The number of fused-ring (bicyclic) bond motifs is 1. The summed E-state index contributed by atoms with van der Waals surface area (Å²) in [5, 5.41) is 15.8. The van der Waals surface area contributed by atoms with Gasteiger partial charge in [0.15, 0.2) is 0 Å². The first-order valence-corrected chi connectivity index (χ1v) is 9.56. The predicted molar refractivity (Wildman–Crippen MR) is 107 cm³/mol. The number of likely N-dealkylation sites (N-methyl/N-ethyl adjacent to an activating group) is 1. The average Bonchev–Trinajstić information content (AvgIpc) is 3.16. The SMILES string of the molecule is CN[C@H]1CCN(c2nc(Nc3cc(N)cc(C#N)c3)nc3c2CCCC3)C1. The molecular formula is C20H25N7. The molecule has 2 aromatic rings. The molecule has 7 heteroatoms. The van der Waals surface area contributed by atoms with Crippen LogP contribution in [-0.2, 0) is 12.8 Å². The zero-order chi connectivity index (χ0) is 18.8. The van der Waals surface area contributed by atoms with Crippen molar-refractivity contribution in [2.75, 3.05) is 36.1 Å². The van der Waals surface area contributed by atoms with Crippen molar-refractivity contribution in [3.8, 4) is 6.07 Å². The number of rotatable bonds is 4. The van der Waals surface area contributed by atoms with Crippen LogP contribution < -0.4 is 21.3 Å². The molecule has 1 aliphatic carbocycles. The van der Waals surface area contributed by atoms with Crippen molar-refractivity contribution in [3.63, 3.8) is 0 Å². The van der Waals surface area contributed by atoms with E-state index in [1.807, 2.05) is 7.05 Å². The molecule has 2 aliphatic rings. The van der Waals surface area contributed by atoms with Crippen LogP contribution in [0.3, 0.4) is 0 Å². The highest BCUT2D eigenvalue weighted by molar-refractivity contribution is 5.65. The third-order valence-corrected chi connectivity index (χ3v) is 5.40. The van der Waals surface area contributed by atoms with E-state index in [0.29, 0.717) is 23.2 Å². The molecule has 0 bridgehead atoms. The van der Waals surface area contributed by atoms with Crippen molar-refractivity contribution in [3.05, 3.63) is 35.0 Å². The van der Waals surface area contributed by atoms with E-state index in [1.165, 1.54) is 18.4 Å². The lowest BCUT2D eigenvalue weighted by molar-refractivity contribution is 0.615. The molecule has 0 amide bonds. The molecule has 7 nitrogen and oxygen atoms in total. The Balaban J connectivity index is 1.69. The standard InChI is InChI=1S/C20H25N7/c1-23-15-6-7-27(12-15)19-17-4-2-3-5-18(17)25-20(26-19)24-16-9-13(11-21)8-14(22)10-16/h8-10,15,23H,2-7,12,22H2,1H3,(H,24,25,26)/t15-/m0/s1. The maximum Gasteiger partial charge on any atom is 0.229 e. The van der Waals surface area contributed by atoms with Gasteiger partial charge in [-0.25, -0.2) is 4.98 Å². The molecule has 0 spiro atoms. The van der Waals surface area contributed by atoms with Gasteiger partial charge in [0, 0.05) is 36.1 Å². The Labute approximate surface area is 159 Å². The minimum Gasteiger partial charge on any atom is -0.399 e. The first kappa shape index (κ1) is 17.6. The zero-order valence-electron chi connectivity index (χ0n) is 15.6. The number of hydrogen-bond acceptors (Lipinski definition) is 7. The normalized spacial score (nSPS) is 18.8. The summed E-state index contributed by atoms with van der Waals surface area (Å²) in [6.45, 7) is 1.97. The molecule has 27 heavy (non-hydrogen) atoms. The molecule has 4 rings (SSSR count). The summed E-state index contributed by atoms with van der Waals surface area (Å²) < 4.78 is 0. The summed E-state index contributed by atoms with van der Waals surface area (Å²) in [5.41, 5.74) is 10.2. The Morgan fingerprint density at radius 2 is 2.07 bits per heavy atom. The zero-order valence-corrected chi connectivity index (χ0v) is 15.6. The number of nitrogens with two attached hydrogens (primary N) is 1. The van der Waals surface area contributed by atoms with Gasteiger partial charge in [-0.05, 0) is 57.4 Å². The summed E-state index contributed by atoms with van der Waals surface area (Å²) in [6.07, 6.45) is 5.52. The Hall–Kier alpha value is -2.85. The topological polar surface area (TPSA) is 103 Å². The van der Waals surface area contributed by atoms with E-state index in [0.717, 1.165) is 49.6 Å². The van der Waals surface area contributed by atoms with Crippen LogP contribution in [0.2, 0.25) is 0 Å². The number of nitrogens with zero attached hydrogens (tertiary/aromatic N) is 4. The number of nitrogens with one attached hydrogen (secondary N) is 2. The molecule has 1 fully saturated rings. The number of nitrogen functional groups attached to an aromatic ring is 1. The predicted octanol–water partition coefficient (Wildman–Crippen LogP) is 2.35. The maximum absolute atomic E-state index is 9.17. The summed E-state index contributed by atoms with van der Waals surface area (Å²) >= 11 is 0. The highest BCUT2D eigenvalue weighted by Crippen LogP contribution is 2.32. The van der Waals surface area contributed by atoms with Crippen LogP contribution in [-0.4, -0.2) is 36.1 Å². The first-order chi connectivity index (χ1) is 13.2. The van der Waals surface area contributed by atoms with E-state index in [2.05, 4.69) is 21.6 Å². The van der Waals surface area contributed by atoms with Crippen molar-refractivity contribution in [2.24, 2.45) is 0 Å². The van der Waals surface area contributed by atoms with E-state index in [1.54, 1.807) is 18.2 Å². The quantitative estimate of drug-likeness (QED) is 0.717. The number of nitriles is 1. The van der Waals surface area contributed by atoms with Crippen LogP contribution in [0.1, 0.15) is 36.1 Å². The molecule has 1 atom stereocenters. The maximum atomic E-state index is 9.17. The third-order valence-electron chi connectivity index (χ3n) is 5.40. The molecule has 0 saturated carbocycles. The highest BCUT2D eigenvalue weighted by Gasteiger charge is 2.27. The summed E-state index contributed by atoms with van der Waals surface area (Å²) in [6, 6.07) is 7.87. The van der Waals surface area contributed by atoms with Gasteiger partial charge >= 0.3 is 0 Å². The fourth-order valence-corrected chi connectivity index (χ4v) is 4.00. The molecule has 2 heterocycles. The van der Waals surface area contributed by atoms with Gasteiger partial charge in [-0.2, -0.15) is 10.2 Å². The van der Waals surface area contributed by atoms with Gasteiger partial charge in [0.1, 0.15) is 5.82 Å². The van der Waals surface area contributed by atoms with E-state index in [-0.39, 0.29) is 0 Å². The van der Waals surface area contributed by atoms with Crippen LogP contribution in [0.5, 0.6) is 0 Å². The summed E-state index contributed by atoms with van der Waals surface area (Å²) in [7, 11) is 2.02. The van der Waals surface area contributed by atoms with E-state index >= 15 is 0 Å². The molecule has 0 unspecified atom stereocenters. The molecule has 1 aromatic heterocycles. The van der Waals surface area contributed by atoms with Gasteiger partial charge in [0.25, 0.3) is 0 Å². The second-order valence-electron chi connectivity index (χ2n) is 7.30. The average molecular weight is 363 g/mol.